The molecule has 106 valence electrons. The quantitative estimate of drug-likeness (QED) is 0.721. The van der Waals surface area contributed by atoms with Crippen molar-refractivity contribution in [2.75, 3.05) is 12.4 Å². The average Bonchev–Trinajstić information content (AvgIpc) is 3.01. The molecule has 0 aliphatic carbocycles. The van der Waals surface area contributed by atoms with Crippen LogP contribution in [0.25, 0.3) is 5.95 Å². The Kier molecular flexibility index (Phi) is 3.73. The fraction of sp³-hybridized carbons (Fsp3) is 0.167. The van der Waals surface area contributed by atoms with E-state index in [-0.39, 0.29) is 0 Å². The summed E-state index contributed by atoms with van der Waals surface area (Å²) in [7, 11) is 1.75. The molecule has 3 rings (SSSR count). The fourth-order valence-electron chi connectivity index (χ4n) is 1.55. The fourth-order valence-corrected chi connectivity index (χ4v) is 2.28. The van der Waals surface area contributed by atoms with Crippen molar-refractivity contribution in [3.63, 3.8) is 0 Å². The first-order valence-electron chi connectivity index (χ1n) is 6.16. The first-order chi connectivity index (χ1) is 10.2. The van der Waals surface area contributed by atoms with Crippen LogP contribution in [0.5, 0.6) is 0 Å². The highest BCUT2D eigenvalue weighted by atomic mass is 32.2. The number of rotatable bonds is 4. The Bertz CT molecular complexity index is 743. The van der Waals surface area contributed by atoms with Crippen LogP contribution in [0.4, 0.5) is 5.95 Å². The largest absolute Gasteiger partial charge is 0.357 e. The number of anilines is 1. The van der Waals surface area contributed by atoms with Gasteiger partial charge in [-0.05, 0) is 30.8 Å². The lowest BCUT2D eigenvalue weighted by atomic mass is 10.5. The maximum Gasteiger partial charge on any atom is 0.256 e. The van der Waals surface area contributed by atoms with Crippen molar-refractivity contribution < 1.29 is 0 Å². The Balaban J connectivity index is 1.96. The molecule has 0 unspecified atom stereocenters. The molecule has 0 spiro atoms. The molecule has 3 heterocycles. The van der Waals surface area contributed by atoms with Crippen molar-refractivity contribution in [1.29, 1.82) is 0 Å². The van der Waals surface area contributed by atoms with E-state index in [0.29, 0.717) is 22.2 Å². The van der Waals surface area contributed by atoms with Gasteiger partial charge in [0.05, 0.1) is 0 Å². The summed E-state index contributed by atoms with van der Waals surface area (Å²) in [4.78, 5) is 21.4. The van der Waals surface area contributed by atoms with E-state index in [0.717, 1.165) is 5.69 Å². The minimum absolute atomic E-state index is 0.439. The van der Waals surface area contributed by atoms with E-state index in [1.807, 2.05) is 13.0 Å². The Labute approximate surface area is 125 Å². The second kappa shape index (κ2) is 5.83. The van der Waals surface area contributed by atoms with Gasteiger partial charge in [-0.3, -0.25) is 0 Å². The summed E-state index contributed by atoms with van der Waals surface area (Å²) in [5.74, 6) is 0.903. The lowest BCUT2D eigenvalue weighted by molar-refractivity contribution is 0.760. The molecule has 0 saturated carbocycles. The lowest BCUT2D eigenvalue weighted by Gasteiger charge is -2.05. The van der Waals surface area contributed by atoms with Gasteiger partial charge in [0.25, 0.3) is 5.95 Å². The topological polar surface area (TPSA) is 94.3 Å². The molecule has 0 bridgehead atoms. The summed E-state index contributed by atoms with van der Waals surface area (Å²) in [6, 6.07) is 3.64. The van der Waals surface area contributed by atoms with Crippen LogP contribution in [0.3, 0.4) is 0 Å². The van der Waals surface area contributed by atoms with E-state index in [2.05, 4.69) is 35.3 Å². The molecule has 3 aromatic rings. The zero-order valence-electron chi connectivity index (χ0n) is 11.4. The van der Waals surface area contributed by atoms with Crippen LogP contribution in [0.1, 0.15) is 5.69 Å². The predicted molar refractivity (Wildman–Crippen MR) is 77.4 cm³/mol. The summed E-state index contributed by atoms with van der Waals surface area (Å²) in [5.41, 5.74) is 0.891. The van der Waals surface area contributed by atoms with Crippen LogP contribution in [0, 0.1) is 6.92 Å². The maximum atomic E-state index is 4.37. The number of nitrogens with one attached hydrogen (secondary N) is 1. The van der Waals surface area contributed by atoms with E-state index in [1.54, 1.807) is 36.4 Å². The first kappa shape index (κ1) is 13.4. The molecule has 0 aliphatic rings. The molecule has 0 saturated heterocycles. The third-order valence-corrected chi connectivity index (χ3v) is 3.24. The molecule has 21 heavy (non-hydrogen) atoms. The van der Waals surface area contributed by atoms with E-state index in [9.17, 15) is 0 Å². The summed E-state index contributed by atoms with van der Waals surface area (Å²) in [6.07, 6.45) is 5.14. The summed E-state index contributed by atoms with van der Waals surface area (Å²) < 4.78 is 1.57. The van der Waals surface area contributed by atoms with Crippen LogP contribution >= 0.6 is 11.8 Å². The number of nitrogens with zero attached hydrogens (tertiary/aromatic N) is 7. The molecule has 1 N–H and O–H groups in total. The zero-order valence-corrected chi connectivity index (χ0v) is 12.2. The minimum Gasteiger partial charge on any atom is -0.357 e. The van der Waals surface area contributed by atoms with Crippen LogP contribution in [-0.4, -0.2) is 41.7 Å². The number of hydrogen-bond acceptors (Lipinski definition) is 8. The van der Waals surface area contributed by atoms with Crippen molar-refractivity contribution in [3.05, 3.63) is 36.4 Å². The van der Waals surface area contributed by atoms with E-state index in [4.69, 9.17) is 0 Å². The van der Waals surface area contributed by atoms with Gasteiger partial charge < -0.3 is 5.32 Å². The normalized spacial score (nSPS) is 10.6. The second-order valence-electron chi connectivity index (χ2n) is 4.02. The number of aryl methyl sites for hydroxylation is 1. The summed E-state index contributed by atoms with van der Waals surface area (Å²) >= 11 is 1.28. The van der Waals surface area contributed by atoms with Gasteiger partial charge in [-0.15, -0.1) is 0 Å². The van der Waals surface area contributed by atoms with Gasteiger partial charge in [0.15, 0.2) is 5.16 Å². The third kappa shape index (κ3) is 3.14. The third-order valence-electron chi connectivity index (χ3n) is 2.49. The number of hydrogen-bond donors (Lipinski definition) is 1. The Morgan fingerprint density at radius 2 is 2.00 bits per heavy atom. The molecule has 9 heteroatoms. The SMILES string of the molecule is CNc1nc(Sc2nccc(C)n2)nc(-n2cccn2)n1. The molecule has 0 aromatic carbocycles. The van der Waals surface area contributed by atoms with Crippen LogP contribution in [0.15, 0.2) is 41.0 Å². The van der Waals surface area contributed by atoms with Gasteiger partial charge >= 0.3 is 0 Å². The van der Waals surface area contributed by atoms with Crippen molar-refractivity contribution in [2.24, 2.45) is 0 Å². The van der Waals surface area contributed by atoms with Gasteiger partial charge in [-0.2, -0.15) is 20.1 Å². The van der Waals surface area contributed by atoms with Crippen molar-refractivity contribution in [1.82, 2.24) is 34.7 Å². The van der Waals surface area contributed by atoms with Gasteiger partial charge in [0.2, 0.25) is 11.1 Å². The molecule has 8 nitrogen and oxygen atoms in total. The monoisotopic (exact) mass is 300 g/mol. The maximum absolute atomic E-state index is 4.37. The van der Waals surface area contributed by atoms with Crippen LogP contribution < -0.4 is 5.32 Å². The highest BCUT2D eigenvalue weighted by molar-refractivity contribution is 7.99. The molecular weight excluding hydrogens is 288 g/mol. The highest BCUT2D eigenvalue weighted by Crippen LogP contribution is 2.22. The Hall–Kier alpha value is -2.55. The minimum atomic E-state index is 0.439. The van der Waals surface area contributed by atoms with Gasteiger partial charge in [0, 0.05) is 31.3 Å². The zero-order chi connectivity index (χ0) is 14.7. The molecule has 0 amide bonds. The van der Waals surface area contributed by atoms with Crippen molar-refractivity contribution in [3.8, 4) is 5.95 Å². The molecule has 0 atom stereocenters. The molecule has 3 aromatic heterocycles. The standard InChI is InChI=1S/C12H12N8S/c1-8-4-6-14-11(16-8)21-12-18-9(13-2)17-10(19-12)20-7-3-5-15-20/h3-7H,1-2H3,(H,13,17,18,19). The molecular formula is C12H12N8S. The predicted octanol–water partition coefficient (Wildman–Crippen LogP) is 1.35. The van der Waals surface area contributed by atoms with Crippen molar-refractivity contribution >= 4 is 17.7 Å². The molecule has 0 aliphatic heterocycles. The Morgan fingerprint density at radius 1 is 1.10 bits per heavy atom. The van der Waals surface area contributed by atoms with E-state index >= 15 is 0 Å². The Morgan fingerprint density at radius 3 is 2.71 bits per heavy atom. The lowest BCUT2D eigenvalue weighted by Crippen LogP contribution is -2.08. The summed E-state index contributed by atoms with van der Waals surface area (Å²) in [5, 5.41) is 8.13. The smallest absolute Gasteiger partial charge is 0.256 e. The van der Waals surface area contributed by atoms with Crippen LogP contribution in [-0.2, 0) is 0 Å². The first-order valence-corrected chi connectivity index (χ1v) is 6.97. The summed E-state index contributed by atoms with van der Waals surface area (Å²) in [6.45, 7) is 1.91. The van der Waals surface area contributed by atoms with Gasteiger partial charge in [0.1, 0.15) is 0 Å². The molecule has 0 radical (unpaired) electrons. The highest BCUT2D eigenvalue weighted by Gasteiger charge is 2.10. The van der Waals surface area contributed by atoms with E-state index < -0.39 is 0 Å². The van der Waals surface area contributed by atoms with Crippen molar-refractivity contribution in [2.45, 2.75) is 17.2 Å². The van der Waals surface area contributed by atoms with Gasteiger partial charge in [-0.25, -0.2) is 14.6 Å². The average molecular weight is 300 g/mol. The number of aromatic nitrogens is 7. The van der Waals surface area contributed by atoms with E-state index in [1.165, 1.54) is 11.8 Å². The second-order valence-corrected chi connectivity index (χ2v) is 4.96. The van der Waals surface area contributed by atoms with Crippen LogP contribution in [0.2, 0.25) is 0 Å². The molecule has 0 fully saturated rings. The van der Waals surface area contributed by atoms with Gasteiger partial charge in [-0.1, -0.05) is 0 Å².